The van der Waals surface area contributed by atoms with Crippen molar-refractivity contribution < 1.29 is 9.47 Å². The topological polar surface area (TPSA) is 44.5 Å². The minimum absolute atomic E-state index is 0.624. The predicted molar refractivity (Wildman–Crippen MR) is 69.8 cm³/mol. The van der Waals surface area contributed by atoms with Gasteiger partial charge in [-0.1, -0.05) is 18.2 Å². The molecule has 2 aromatic rings. The Hall–Kier alpha value is -1.74. The first kappa shape index (κ1) is 11.7. The number of rotatable bonds is 4. The third-order valence-electron chi connectivity index (χ3n) is 2.90. The molecule has 0 aromatic heterocycles. The highest BCUT2D eigenvalue weighted by Gasteiger charge is 2.10. The van der Waals surface area contributed by atoms with E-state index in [1.807, 2.05) is 24.3 Å². The van der Waals surface area contributed by atoms with Gasteiger partial charge in [-0.25, -0.2) is 0 Å². The number of benzene rings is 2. The van der Waals surface area contributed by atoms with Crippen LogP contribution in [0.5, 0.6) is 11.5 Å². The minimum atomic E-state index is 0.624. The highest BCUT2D eigenvalue weighted by molar-refractivity contribution is 5.95. The summed E-state index contributed by atoms with van der Waals surface area (Å²) in [6.07, 6.45) is 0.834. The molecule has 0 unspecified atom stereocenters. The summed E-state index contributed by atoms with van der Waals surface area (Å²) in [5, 5.41) is 2.16. The van der Waals surface area contributed by atoms with Crippen molar-refractivity contribution >= 4 is 10.8 Å². The Morgan fingerprint density at radius 2 is 1.76 bits per heavy atom. The molecule has 2 aromatic carbocycles. The molecule has 0 radical (unpaired) electrons. The number of hydrogen-bond donors (Lipinski definition) is 1. The van der Waals surface area contributed by atoms with Crippen LogP contribution in [0.1, 0.15) is 5.56 Å². The maximum absolute atomic E-state index is 5.64. The summed E-state index contributed by atoms with van der Waals surface area (Å²) in [6, 6.07) is 10.00. The van der Waals surface area contributed by atoms with Crippen molar-refractivity contribution in [2.24, 2.45) is 5.73 Å². The summed E-state index contributed by atoms with van der Waals surface area (Å²) < 4.78 is 10.8. The van der Waals surface area contributed by atoms with Gasteiger partial charge in [0, 0.05) is 10.8 Å². The van der Waals surface area contributed by atoms with Crippen molar-refractivity contribution in [1.82, 2.24) is 0 Å². The first-order chi connectivity index (χ1) is 8.31. The van der Waals surface area contributed by atoms with Crippen molar-refractivity contribution in [2.45, 2.75) is 6.42 Å². The standard InChI is InChI=1S/C14H17NO2/c1-16-12-7-6-10(8-9-15)14-11(12)4-3-5-13(14)17-2/h3-7H,8-9,15H2,1-2H3. The van der Waals surface area contributed by atoms with Gasteiger partial charge in [-0.15, -0.1) is 0 Å². The van der Waals surface area contributed by atoms with E-state index in [1.54, 1.807) is 14.2 Å². The van der Waals surface area contributed by atoms with Gasteiger partial charge < -0.3 is 15.2 Å². The maximum Gasteiger partial charge on any atom is 0.127 e. The summed E-state index contributed by atoms with van der Waals surface area (Å²) in [7, 11) is 3.36. The fraction of sp³-hybridized carbons (Fsp3) is 0.286. The van der Waals surface area contributed by atoms with E-state index in [2.05, 4.69) is 6.07 Å². The Kier molecular flexibility index (Phi) is 3.49. The summed E-state index contributed by atoms with van der Waals surface area (Å²) >= 11 is 0. The molecule has 0 aliphatic heterocycles. The molecule has 0 amide bonds. The molecule has 3 nitrogen and oxygen atoms in total. The molecule has 0 aliphatic carbocycles. The highest BCUT2D eigenvalue weighted by Crippen LogP contribution is 2.34. The quantitative estimate of drug-likeness (QED) is 0.878. The van der Waals surface area contributed by atoms with Gasteiger partial charge in [-0.2, -0.15) is 0 Å². The predicted octanol–water partition coefficient (Wildman–Crippen LogP) is 2.36. The molecule has 3 heteroatoms. The van der Waals surface area contributed by atoms with E-state index < -0.39 is 0 Å². The average molecular weight is 231 g/mol. The molecule has 0 spiro atoms. The van der Waals surface area contributed by atoms with Gasteiger partial charge in [0.25, 0.3) is 0 Å². The fourth-order valence-corrected chi connectivity index (χ4v) is 2.13. The van der Waals surface area contributed by atoms with E-state index in [1.165, 1.54) is 5.56 Å². The third-order valence-corrected chi connectivity index (χ3v) is 2.90. The molecule has 0 atom stereocenters. The molecule has 2 N–H and O–H groups in total. The lowest BCUT2D eigenvalue weighted by Gasteiger charge is -2.13. The van der Waals surface area contributed by atoms with Crippen LogP contribution in [-0.2, 0) is 6.42 Å². The molecule has 0 saturated carbocycles. The smallest absolute Gasteiger partial charge is 0.127 e. The van der Waals surface area contributed by atoms with Crippen LogP contribution < -0.4 is 15.2 Å². The molecule has 0 saturated heterocycles. The SMILES string of the molecule is COc1ccc(CCN)c2c(OC)cccc12. The zero-order valence-corrected chi connectivity index (χ0v) is 10.2. The maximum atomic E-state index is 5.64. The van der Waals surface area contributed by atoms with E-state index in [-0.39, 0.29) is 0 Å². The van der Waals surface area contributed by atoms with Gasteiger partial charge in [0.05, 0.1) is 14.2 Å². The second-order valence-corrected chi connectivity index (χ2v) is 3.85. The minimum Gasteiger partial charge on any atom is -0.496 e. The van der Waals surface area contributed by atoms with Crippen LogP contribution in [0.2, 0.25) is 0 Å². The van der Waals surface area contributed by atoms with E-state index in [4.69, 9.17) is 15.2 Å². The van der Waals surface area contributed by atoms with Crippen LogP contribution >= 0.6 is 0 Å². The Morgan fingerprint density at radius 3 is 2.41 bits per heavy atom. The number of methoxy groups -OCH3 is 2. The van der Waals surface area contributed by atoms with Gasteiger partial charge in [-0.05, 0) is 30.7 Å². The lowest BCUT2D eigenvalue weighted by molar-refractivity contribution is 0.415. The van der Waals surface area contributed by atoms with Crippen LogP contribution in [0.4, 0.5) is 0 Å². The lowest BCUT2D eigenvalue weighted by Crippen LogP contribution is -2.04. The third kappa shape index (κ3) is 2.06. The van der Waals surface area contributed by atoms with E-state index >= 15 is 0 Å². The van der Waals surface area contributed by atoms with Gasteiger partial charge in [0.1, 0.15) is 11.5 Å². The van der Waals surface area contributed by atoms with E-state index in [0.717, 1.165) is 28.7 Å². The first-order valence-corrected chi connectivity index (χ1v) is 5.64. The molecule has 17 heavy (non-hydrogen) atoms. The monoisotopic (exact) mass is 231 g/mol. The molecule has 0 heterocycles. The van der Waals surface area contributed by atoms with Crippen LogP contribution in [0, 0.1) is 0 Å². The number of hydrogen-bond acceptors (Lipinski definition) is 3. The summed E-state index contributed by atoms with van der Waals surface area (Å²) in [4.78, 5) is 0. The Labute approximate surface area is 101 Å². The summed E-state index contributed by atoms with van der Waals surface area (Å²) in [5.74, 6) is 1.73. The Bertz CT molecular complexity index is 523. The van der Waals surface area contributed by atoms with Gasteiger partial charge >= 0.3 is 0 Å². The van der Waals surface area contributed by atoms with E-state index in [9.17, 15) is 0 Å². The van der Waals surface area contributed by atoms with Crippen molar-refractivity contribution in [3.05, 3.63) is 35.9 Å². The number of ether oxygens (including phenoxy) is 2. The van der Waals surface area contributed by atoms with Crippen LogP contribution in [-0.4, -0.2) is 20.8 Å². The Balaban J connectivity index is 2.75. The molecular weight excluding hydrogens is 214 g/mol. The number of fused-ring (bicyclic) bond motifs is 1. The Morgan fingerprint density at radius 1 is 1.00 bits per heavy atom. The lowest BCUT2D eigenvalue weighted by atomic mass is 10.0. The van der Waals surface area contributed by atoms with Crippen molar-refractivity contribution in [1.29, 1.82) is 0 Å². The molecule has 2 rings (SSSR count). The van der Waals surface area contributed by atoms with E-state index in [0.29, 0.717) is 6.54 Å². The fourth-order valence-electron chi connectivity index (χ4n) is 2.13. The van der Waals surface area contributed by atoms with Crippen LogP contribution in [0.25, 0.3) is 10.8 Å². The molecule has 0 bridgehead atoms. The first-order valence-electron chi connectivity index (χ1n) is 5.64. The molecule has 90 valence electrons. The highest BCUT2D eigenvalue weighted by atomic mass is 16.5. The van der Waals surface area contributed by atoms with Gasteiger partial charge in [0.2, 0.25) is 0 Å². The van der Waals surface area contributed by atoms with Crippen LogP contribution in [0.15, 0.2) is 30.3 Å². The summed E-state index contributed by atoms with van der Waals surface area (Å²) in [6.45, 7) is 0.624. The van der Waals surface area contributed by atoms with Crippen molar-refractivity contribution in [2.75, 3.05) is 20.8 Å². The average Bonchev–Trinajstić information content (AvgIpc) is 2.38. The zero-order valence-electron chi connectivity index (χ0n) is 10.2. The summed E-state index contributed by atoms with van der Waals surface area (Å²) in [5.41, 5.74) is 6.84. The zero-order chi connectivity index (χ0) is 12.3. The van der Waals surface area contributed by atoms with Crippen molar-refractivity contribution in [3.8, 4) is 11.5 Å². The molecular formula is C14H17NO2. The second-order valence-electron chi connectivity index (χ2n) is 3.85. The van der Waals surface area contributed by atoms with Crippen LogP contribution in [0.3, 0.4) is 0 Å². The number of nitrogens with two attached hydrogens (primary N) is 1. The molecule has 0 fully saturated rings. The molecule has 0 aliphatic rings. The van der Waals surface area contributed by atoms with Crippen molar-refractivity contribution in [3.63, 3.8) is 0 Å². The normalized spacial score (nSPS) is 10.5. The van der Waals surface area contributed by atoms with Gasteiger partial charge in [0.15, 0.2) is 0 Å². The largest absolute Gasteiger partial charge is 0.496 e. The van der Waals surface area contributed by atoms with Gasteiger partial charge in [-0.3, -0.25) is 0 Å². The second kappa shape index (κ2) is 5.06.